The number of benzene rings is 2. The van der Waals surface area contributed by atoms with E-state index in [0.29, 0.717) is 18.9 Å². The molecule has 3 atom stereocenters. The molecule has 0 radical (unpaired) electrons. The Morgan fingerprint density at radius 3 is 2.76 bits per heavy atom. The number of thiocarbonyl (C=S) groups is 1. The van der Waals surface area contributed by atoms with E-state index in [2.05, 4.69) is 71.0 Å². The van der Waals surface area contributed by atoms with E-state index in [9.17, 15) is 0 Å². The van der Waals surface area contributed by atoms with Crippen LogP contribution in [0, 0.1) is 0 Å². The Hall–Kier alpha value is -2.02. The second kappa shape index (κ2) is 11.1. The van der Waals surface area contributed by atoms with Crippen molar-refractivity contribution in [2.75, 3.05) is 19.9 Å². The summed E-state index contributed by atoms with van der Waals surface area (Å²) in [6, 6.07) is 18.3. The van der Waals surface area contributed by atoms with Crippen molar-refractivity contribution in [3.05, 3.63) is 59.7 Å². The average molecular weight is 502 g/mol. The Morgan fingerprint density at radius 2 is 1.94 bits per heavy atom. The monoisotopic (exact) mass is 501 g/mol. The highest BCUT2D eigenvalue weighted by Gasteiger charge is 2.51. The van der Waals surface area contributed by atoms with E-state index >= 15 is 0 Å². The number of fused-ring (bicyclic) bond motifs is 2. The lowest BCUT2D eigenvalue weighted by Crippen LogP contribution is -2.53. The first-order valence-electron chi connectivity index (χ1n) is 12.4. The van der Waals surface area contributed by atoms with Crippen LogP contribution in [0.4, 0.5) is 0 Å². The van der Waals surface area contributed by atoms with E-state index in [-0.39, 0.29) is 17.8 Å². The van der Waals surface area contributed by atoms with Gasteiger partial charge in [0.15, 0.2) is 16.6 Å². The second-order valence-corrected chi connectivity index (χ2v) is 10.1. The van der Waals surface area contributed by atoms with Crippen molar-refractivity contribution < 1.29 is 9.47 Å². The number of nitrogens with one attached hydrogen (secondary N) is 2. The van der Waals surface area contributed by atoms with Crippen molar-refractivity contribution in [2.45, 2.75) is 69.5 Å². The zero-order valence-corrected chi connectivity index (χ0v) is 21.6. The van der Waals surface area contributed by atoms with E-state index in [0.717, 1.165) is 61.9 Å². The molecule has 0 spiro atoms. The van der Waals surface area contributed by atoms with Crippen molar-refractivity contribution in [3.8, 4) is 11.5 Å². The van der Waals surface area contributed by atoms with E-state index in [1.807, 2.05) is 0 Å². The molecule has 1 aliphatic carbocycles. The van der Waals surface area contributed by atoms with Crippen LogP contribution >= 0.6 is 24.6 Å². The number of rotatable bonds is 7. The maximum atomic E-state index is 5.74. The highest BCUT2D eigenvalue weighted by Crippen LogP contribution is 2.51. The van der Waals surface area contributed by atoms with Crippen LogP contribution in [0.25, 0.3) is 0 Å². The molecule has 2 N–H and O–H groups in total. The van der Waals surface area contributed by atoms with Crippen molar-refractivity contribution in [1.82, 2.24) is 15.5 Å². The van der Waals surface area contributed by atoms with Crippen molar-refractivity contribution >= 4 is 29.7 Å². The molecule has 184 valence electrons. The number of hydrogen-bond donors (Lipinski definition) is 2. The van der Waals surface area contributed by atoms with Gasteiger partial charge in [-0.25, -0.2) is 0 Å². The van der Waals surface area contributed by atoms with Gasteiger partial charge in [-0.3, -0.25) is 4.90 Å². The predicted molar refractivity (Wildman–Crippen MR) is 143 cm³/mol. The number of unbranched alkanes of at least 4 members (excludes halogenated alkanes) is 1. The SMILES string of the molecule is CCCCNC(=S)N[C@@H]1CC[C@@]2(c3ccc4c(c3)OCO4)CCN(Cc3ccccc3)[C@H]2C1.Cl. The van der Waals surface area contributed by atoms with Crippen LogP contribution in [0.15, 0.2) is 48.5 Å². The fourth-order valence-corrected chi connectivity index (χ4v) is 6.21. The maximum absolute atomic E-state index is 5.74. The first kappa shape index (κ1) is 25.1. The van der Waals surface area contributed by atoms with Crippen molar-refractivity contribution in [2.24, 2.45) is 0 Å². The largest absolute Gasteiger partial charge is 0.454 e. The Balaban J connectivity index is 0.00000274. The van der Waals surface area contributed by atoms with Crippen LogP contribution in [0.5, 0.6) is 11.5 Å². The fraction of sp³-hybridized carbons (Fsp3) is 0.519. The van der Waals surface area contributed by atoms with Crippen LogP contribution in [-0.4, -0.2) is 42.0 Å². The first-order chi connectivity index (χ1) is 16.2. The quantitative estimate of drug-likeness (QED) is 0.403. The summed E-state index contributed by atoms with van der Waals surface area (Å²) in [5.41, 5.74) is 2.92. The Kier molecular flexibility index (Phi) is 8.22. The summed E-state index contributed by atoms with van der Waals surface area (Å²) in [6.07, 6.45) is 6.87. The lowest BCUT2D eigenvalue weighted by Gasteiger charge is -2.45. The molecule has 0 unspecified atom stereocenters. The molecule has 2 aromatic rings. The Bertz CT molecular complexity index is 976. The molecule has 0 aromatic heterocycles. The summed E-state index contributed by atoms with van der Waals surface area (Å²) >= 11 is 5.61. The number of halogens is 1. The van der Waals surface area contributed by atoms with Gasteiger partial charge in [0, 0.05) is 30.6 Å². The molecule has 7 heteroatoms. The molecule has 5 rings (SSSR count). The van der Waals surface area contributed by atoms with Gasteiger partial charge in [0.25, 0.3) is 0 Å². The molecule has 0 amide bonds. The minimum Gasteiger partial charge on any atom is -0.454 e. The highest BCUT2D eigenvalue weighted by atomic mass is 35.5. The van der Waals surface area contributed by atoms with Gasteiger partial charge < -0.3 is 20.1 Å². The van der Waals surface area contributed by atoms with Gasteiger partial charge in [0.1, 0.15) is 0 Å². The molecule has 5 nitrogen and oxygen atoms in total. The van der Waals surface area contributed by atoms with Gasteiger partial charge in [-0.1, -0.05) is 49.7 Å². The highest BCUT2D eigenvalue weighted by molar-refractivity contribution is 7.80. The number of hydrogen-bond acceptors (Lipinski definition) is 4. The van der Waals surface area contributed by atoms with Crippen LogP contribution in [0.3, 0.4) is 0 Å². The zero-order valence-electron chi connectivity index (χ0n) is 19.9. The van der Waals surface area contributed by atoms with Crippen molar-refractivity contribution in [1.29, 1.82) is 0 Å². The van der Waals surface area contributed by atoms with Gasteiger partial charge in [0.2, 0.25) is 6.79 Å². The van der Waals surface area contributed by atoms with Crippen LogP contribution in [-0.2, 0) is 12.0 Å². The van der Waals surface area contributed by atoms with Crippen molar-refractivity contribution in [3.63, 3.8) is 0 Å². The molecule has 1 saturated heterocycles. The van der Waals surface area contributed by atoms with E-state index < -0.39 is 0 Å². The Morgan fingerprint density at radius 1 is 1.12 bits per heavy atom. The smallest absolute Gasteiger partial charge is 0.231 e. The normalized spacial score (nSPS) is 25.3. The third-order valence-corrected chi connectivity index (χ3v) is 7.96. The summed E-state index contributed by atoms with van der Waals surface area (Å²) in [5.74, 6) is 1.76. The van der Waals surface area contributed by atoms with E-state index in [4.69, 9.17) is 21.7 Å². The summed E-state index contributed by atoms with van der Waals surface area (Å²) in [7, 11) is 0. The fourth-order valence-electron chi connectivity index (χ4n) is 5.94. The first-order valence-corrected chi connectivity index (χ1v) is 12.8. The topological polar surface area (TPSA) is 45.8 Å². The summed E-state index contributed by atoms with van der Waals surface area (Å²) < 4.78 is 11.3. The van der Waals surface area contributed by atoms with Gasteiger partial charge in [0.05, 0.1) is 0 Å². The van der Waals surface area contributed by atoms with Crippen LogP contribution in [0.2, 0.25) is 0 Å². The Labute approximate surface area is 215 Å². The minimum absolute atomic E-state index is 0. The summed E-state index contributed by atoms with van der Waals surface area (Å²) in [4.78, 5) is 2.70. The molecule has 2 fully saturated rings. The zero-order chi connectivity index (χ0) is 22.7. The average Bonchev–Trinajstić information content (AvgIpc) is 3.45. The third-order valence-electron chi connectivity index (χ3n) is 7.70. The summed E-state index contributed by atoms with van der Waals surface area (Å²) in [5, 5.41) is 7.82. The van der Waals surface area contributed by atoms with Crippen LogP contribution < -0.4 is 20.1 Å². The molecule has 2 heterocycles. The second-order valence-electron chi connectivity index (χ2n) is 9.67. The molecule has 0 bridgehead atoms. The van der Waals surface area contributed by atoms with Crippen LogP contribution in [0.1, 0.15) is 56.6 Å². The predicted octanol–water partition coefficient (Wildman–Crippen LogP) is 5.17. The van der Waals surface area contributed by atoms with Gasteiger partial charge >= 0.3 is 0 Å². The number of nitrogens with zero attached hydrogens (tertiary/aromatic N) is 1. The molecular weight excluding hydrogens is 466 g/mol. The van der Waals surface area contributed by atoms with Gasteiger partial charge in [-0.05, 0) is 74.1 Å². The lowest BCUT2D eigenvalue weighted by atomic mass is 9.65. The van der Waals surface area contributed by atoms with E-state index in [1.165, 1.54) is 24.0 Å². The molecule has 2 aromatic carbocycles. The lowest BCUT2D eigenvalue weighted by molar-refractivity contribution is 0.134. The maximum Gasteiger partial charge on any atom is 0.231 e. The third kappa shape index (κ3) is 5.14. The number of likely N-dealkylation sites (tertiary alicyclic amines) is 1. The molecule has 2 aliphatic heterocycles. The molecule has 3 aliphatic rings. The molecule has 34 heavy (non-hydrogen) atoms. The number of ether oxygens (including phenoxy) is 2. The molecule has 1 saturated carbocycles. The van der Waals surface area contributed by atoms with E-state index in [1.54, 1.807) is 0 Å². The standard InChI is InChI=1S/C27H35N3O2S.ClH/c1-2-3-14-28-26(33)29-22-11-12-27(21-9-10-23-24(16-21)32-19-31-23)13-15-30(25(27)17-22)18-20-7-5-4-6-8-20;/h4-10,16,22,25H,2-3,11-15,17-19H2,1H3,(H2,28,29,33);1H/t22-,25+,27+;/m1./s1. The van der Waals surface area contributed by atoms with Gasteiger partial charge in [-0.15, -0.1) is 12.4 Å². The van der Waals surface area contributed by atoms with Gasteiger partial charge in [-0.2, -0.15) is 0 Å². The molecular formula is C27H36ClN3O2S. The summed E-state index contributed by atoms with van der Waals surface area (Å²) in [6.45, 7) is 5.57. The minimum atomic E-state index is 0.